The number of alkyl halides is 3. The maximum absolute atomic E-state index is 13.9. The minimum absolute atomic E-state index is 0.00392. The zero-order chi connectivity index (χ0) is 51.7. The number of halogens is 3. The SMILES string of the molecule is Cc1ncsc1-c1ccc(CNC(=O)[C@@H]2C[C@@H](O)CN2C(=O)[C@H](NC(=O)CCOCCOCCOCCOCCOCCC(=O)NCCCOC(=O)NC(Nc2ncccn2)C(Cl)(Cl)Cl)C(C)(C)C)cc1. The van der Waals surface area contributed by atoms with Gasteiger partial charge in [0.25, 0.3) is 0 Å². The molecule has 3 heterocycles. The molecular weight excluding hydrogens is 1010 g/mol. The molecule has 1 unspecified atom stereocenters. The highest BCUT2D eigenvalue weighted by molar-refractivity contribution is 7.13. The molecule has 6 N–H and O–H groups in total. The highest BCUT2D eigenvalue weighted by atomic mass is 35.6. The summed E-state index contributed by atoms with van der Waals surface area (Å²) in [6.07, 6.45) is 0.665. The fourth-order valence-corrected chi connectivity index (χ4v) is 7.88. The van der Waals surface area contributed by atoms with Crippen LogP contribution in [0.15, 0.2) is 48.2 Å². The Hall–Kier alpha value is -4.49. The molecule has 4 atom stereocenters. The molecule has 1 saturated heterocycles. The number of β-amino-alcohol motifs (C(OH)–C–C–N with tert-alkyl or cyclic N) is 1. The fraction of sp³-hybridized carbons (Fsp3) is 0.609. The van der Waals surface area contributed by atoms with E-state index in [1.54, 1.807) is 22.9 Å². The molecule has 71 heavy (non-hydrogen) atoms. The van der Waals surface area contributed by atoms with Gasteiger partial charge in [-0.3, -0.25) is 24.5 Å². The van der Waals surface area contributed by atoms with E-state index in [1.807, 2.05) is 52.0 Å². The van der Waals surface area contributed by atoms with Crippen LogP contribution >= 0.6 is 46.1 Å². The molecule has 5 amide bonds. The van der Waals surface area contributed by atoms with Crippen molar-refractivity contribution in [2.24, 2.45) is 5.41 Å². The molecule has 1 fully saturated rings. The number of aliphatic hydroxyl groups is 1. The lowest BCUT2D eigenvalue weighted by Crippen LogP contribution is -2.57. The van der Waals surface area contributed by atoms with E-state index in [0.717, 1.165) is 21.7 Å². The van der Waals surface area contributed by atoms with Gasteiger partial charge in [0.15, 0.2) is 6.17 Å². The Bertz CT molecular complexity index is 2080. The topological polar surface area (TPSA) is 263 Å². The number of amides is 5. The number of nitrogens with one attached hydrogen (secondary N) is 5. The van der Waals surface area contributed by atoms with Crippen LogP contribution in [0, 0.1) is 12.3 Å². The number of aromatic nitrogens is 3. The molecule has 1 aliphatic rings. The first-order chi connectivity index (χ1) is 33.9. The Morgan fingerprint density at radius 2 is 1.37 bits per heavy atom. The quantitative estimate of drug-likeness (QED) is 0.0303. The van der Waals surface area contributed by atoms with Gasteiger partial charge in [0.2, 0.25) is 33.4 Å². The molecule has 2 aromatic heterocycles. The van der Waals surface area contributed by atoms with Crippen LogP contribution in [0.4, 0.5) is 10.7 Å². The number of rotatable bonds is 31. The molecule has 0 spiro atoms. The van der Waals surface area contributed by atoms with Crippen molar-refractivity contribution in [1.29, 1.82) is 0 Å². The number of anilines is 1. The summed E-state index contributed by atoms with van der Waals surface area (Å²) >= 11 is 19.4. The number of hydrogen-bond donors (Lipinski definition) is 6. The number of thiazole rings is 1. The molecule has 0 radical (unpaired) electrons. The van der Waals surface area contributed by atoms with Crippen LogP contribution in [0.3, 0.4) is 0 Å². The van der Waals surface area contributed by atoms with E-state index in [-0.39, 0.29) is 95.6 Å². The van der Waals surface area contributed by atoms with Gasteiger partial charge in [0.05, 0.1) is 94.9 Å². The van der Waals surface area contributed by atoms with Crippen molar-refractivity contribution in [3.63, 3.8) is 0 Å². The number of carbonyl (C=O) groups is 5. The van der Waals surface area contributed by atoms with Gasteiger partial charge in [-0.25, -0.2) is 19.7 Å². The third-order valence-corrected chi connectivity index (χ3v) is 12.1. The molecule has 0 bridgehead atoms. The predicted molar refractivity (Wildman–Crippen MR) is 267 cm³/mol. The van der Waals surface area contributed by atoms with Gasteiger partial charge >= 0.3 is 6.09 Å². The van der Waals surface area contributed by atoms with Crippen LogP contribution in [-0.4, -0.2) is 169 Å². The summed E-state index contributed by atoms with van der Waals surface area (Å²) in [5, 5.41) is 24.1. The fourth-order valence-electron chi connectivity index (χ4n) is 6.74. The normalized spacial score (nSPS) is 15.7. The number of carbonyl (C=O) groups excluding carboxylic acids is 5. The van der Waals surface area contributed by atoms with E-state index in [9.17, 15) is 29.1 Å². The van der Waals surface area contributed by atoms with Crippen molar-refractivity contribution in [3.05, 3.63) is 59.5 Å². The number of alkyl carbamates (subject to hydrolysis) is 1. The lowest BCUT2D eigenvalue weighted by Gasteiger charge is -2.35. The Morgan fingerprint density at radius 1 is 0.789 bits per heavy atom. The van der Waals surface area contributed by atoms with Crippen molar-refractivity contribution in [2.75, 3.05) is 91.1 Å². The maximum atomic E-state index is 13.9. The smallest absolute Gasteiger partial charge is 0.408 e. The van der Waals surface area contributed by atoms with Gasteiger partial charge in [-0.05, 0) is 36.0 Å². The van der Waals surface area contributed by atoms with Crippen molar-refractivity contribution < 1.29 is 57.5 Å². The van der Waals surface area contributed by atoms with Gasteiger partial charge in [0, 0.05) is 51.3 Å². The summed E-state index contributed by atoms with van der Waals surface area (Å²) in [6, 6.07) is 7.61. The van der Waals surface area contributed by atoms with Crippen LogP contribution in [0.5, 0.6) is 0 Å². The van der Waals surface area contributed by atoms with E-state index in [2.05, 4.69) is 41.5 Å². The number of ether oxygens (including phenoxy) is 6. The summed E-state index contributed by atoms with van der Waals surface area (Å²) < 4.78 is 30.7. The second kappa shape index (κ2) is 31.2. The number of likely N-dealkylation sites (tertiary alicyclic amines) is 1. The van der Waals surface area contributed by atoms with E-state index >= 15 is 0 Å². The molecule has 0 aliphatic carbocycles. The molecule has 1 aromatic carbocycles. The van der Waals surface area contributed by atoms with E-state index in [0.29, 0.717) is 46.1 Å². The summed E-state index contributed by atoms with van der Waals surface area (Å²) in [6.45, 7) is 10.8. The summed E-state index contributed by atoms with van der Waals surface area (Å²) in [7, 11) is 0. The highest BCUT2D eigenvalue weighted by Crippen LogP contribution is 2.31. The first kappa shape index (κ1) is 59.1. The number of aliphatic hydroxyl groups excluding tert-OH is 1. The number of hydrogen-bond acceptors (Lipinski definition) is 17. The molecular formula is C46H66Cl3N9O12S. The average Bonchev–Trinajstić information content (AvgIpc) is 3.95. The maximum Gasteiger partial charge on any atom is 0.408 e. The van der Waals surface area contributed by atoms with Crippen molar-refractivity contribution in [1.82, 2.24) is 41.1 Å². The third-order valence-electron chi connectivity index (χ3n) is 10.5. The van der Waals surface area contributed by atoms with Gasteiger partial charge in [-0.1, -0.05) is 79.8 Å². The van der Waals surface area contributed by atoms with Crippen molar-refractivity contribution in [2.45, 2.75) is 88.1 Å². The Morgan fingerprint density at radius 3 is 1.92 bits per heavy atom. The summed E-state index contributed by atoms with van der Waals surface area (Å²) in [5.74, 6) is -1.28. The second-order valence-corrected chi connectivity index (χ2v) is 20.4. The van der Waals surface area contributed by atoms with Gasteiger partial charge < -0.3 is 59.7 Å². The number of benzene rings is 1. The standard InChI is InChI=1S/C46H66Cl3N9O12S/c1-31-38(71-30-54-31)33-9-7-32(8-10-33)28-53-40(62)35-27-34(59)29-58(35)41(63)39(45(2,3)4)55-37(61)12-18-66-20-22-68-24-26-69-25-23-67-21-19-65-17-11-36(60)50-15-6-16-70-44(64)57-42(46(47,48)49)56-43-51-13-5-14-52-43/h5,7-10,13-14,30,34-35,39,42,59H,6,11-12,15-29H2,1-4H3,(H,50,60)(H,53,62)(H,55,61)(H,57,64)(H,51,52,56)/t34-,35+,39+,42?/m1/s1. The number of nitrogens with zero attached hydrogens (tertiary/aromatic N) is 4. The minimum Gasteiger partial charge on any atom is -0.449 e. The lowest BCUT2D eigenvalue weighted by molar-refractivity contribution is -0.144. The van der Waals surface area contributed by atoms with E-state index in [1.165, 1.54) is 17.3 Å². The molecule has 21 nitrogen and oxygen atoms in total. The zero-order valence-electron chi connectivity index (χ0n) is 40.4. The molecule has 1 aliphatic heterocycles. The first-order valence-corrected chi connectivity index (χ1v) is 25.2. The highest BCUT2D eigenvalue weighted by Gasteiger charge is 2.44. The largest absolute Gasteiger partial charge is 0.449 e. The van der Waals surface area contributed by atoms with Crippen molar-refractivity contribution >= 4 is 81.8 Å². The first-order valence-electron chi connectivity index (χ1n) is 23.2. The van der Waals surface area contributed by atoms with Crippen LogP contribution in [-0.2, 0) is 54.1 Å². The molecule has 0 saturated carbocycles. The van der Waals surface area contributed by atoms with Crippen LogP contribution in [0.1, 0.15) is 57.7 Å². The minimum atomic E-state index is -1.93. The summed E-state index contributed by atoms with van der Waals surface area (Å²) in [4.78, 5) is 79.2. The van der Waals surface area contributed by atoms with Crippen molar-refractivity contribution in [3.8, 4) is 10.4 Å². The van der Waals surface area contributed by atoms with Crippen LogP contribution < -0.4 is 26.6 Å². The number of aryl methyl sites for hydroxylation is 1. The van der Waals surface area contributed by atoms with Crippen LogP contribution in [0.2, 0.25) is 0 Å². The predicted octanol–water partition coefficient (Wildman–Crippen LogP) is 3.92. The van der Waals surface area contributed by atoms with Gasteiger partial charge in [-0.2, -0.15) is 0 Å². The Kier molecular flexibility index (Phi) is 25.9. The van der Waals surface area contributed by atoms with Gasteiger partial charge in [-0.15, -0.1) is 11.3 Å². The Balaban J connectivity index is 0.953. The Labute approximate surface area is 433 Å². The average molecular weight is 1080 g/mol. The van der Waals surface area contributed by atoms with Gasteiger partial charge in [0.1, 0.15) is 12.1 Å². The molecule has 4 rings (SSSR count). The monoisotopic (exact) mass is 1070 g/mol. The molecule has 3 aromatic rings. The molecule has 394 valence electrons. The second-order valence-electron chi connectivity index (χ2n) is 17.2. The summed E-state index contributed by atoms with van der Waals surface area (Å²) in [5.41, 5.74) is 4.00. The van der Waals surface area contributed by atoms with E-state index in [4.69, 9.17) is 63.2 Å². The van der Waals surface area contributed by atoms with Crippen LogP contribution in [0.25, 0.3) is 10.4 Å². The zero-order valence-corrected chi connectivity index (χ0v) is 43.5. The van der Waals surface area contributed by atoms with E-state index < -0.39 is 45.6 Å². The molecule has 25 heteroatoms. The third kappa shape index (κ3) is 22.4. The lowest BCUT2D eigenvalue weighted by atomic mass is 9.85.